The van der Waals surface area contributed by atoms with Gasteiger partial charge >= 0.3 is 6.18 Å². The first-order chi connectivity index (χ1) is 18.4. The number of rotatable bonds is 6. The van der Waals surface area contributed by atoms with Gasteiger partial charge in [0.2, 0.25) is 0 Å². The standard InChI is InChI=1S/C26H21ClF4N6OS/c1-4-17-7-8-21(39-17)19-10-22(26(29,30)31)37-23(32-19)11-20(35-37)25(38)33-24-13(2)34-36(14(24)3)12-15-5-6-16(28)9-18(15)27/h5-11H,4,12H2,1-3H3,(H,33,38). The van der Waals surface area contributed by atoms with Gasteiger partial charge in [0.05, 0.1) is 34.2 Å². The van der Waals surface area contributed by atoms with Crippen molar-refractivity contribution in [3.63, 3.8) is 0 Å². The van der Waals surface area contributed by atoms with Gasteiger partial charge in [-0.2, -0.15) is 23.4 Å². The molecule has 13 heteroatoms. The van der Waals surface area contributed by atoms with Gasteiger partial charge in [-0.25, -0.2) is 13.9 Å². The van der Waals surface area contributed by atoms with E-state index in [1.165, 1.54) is 29.5 Å². The zero-order valence-electron chi connectivity index (χ0n) is 20.9. The molecule has 0 aliphatic rings. The van der Waals surface area contributed by atoms with Gasteiger partial charge in [-0.3, -0.25) is 9.48 Å². The highest BCUT2D eigenvalue weighted by molar-refractivity contribution is 7.15. The Kier molecular flexibility index (Phi) is 6.93. The second-order valence-electron chi connectivity index (χ2n) is 8.84. The van der Waals surface area contributed by atoms with E-state index in [2.05, 4.69) is 20.5 Å². The molecule has 1 amide bonds. The summed E-state index contributed by atoms with van der Waals surface area (Å²) in [5.74, 6) is -1.18. The predicted octanol–water partition coefficient (Wildman–Crippen LogP) is 6.95. The zero-order valence-corrected chi connectivity index (χ0v) is 22.5. The van der Waals surface area contributed by atoms with Crippen LogP contribution in [-0.2, 0) is 19.1 Å². The lowest BCUT2D eigenvalue weighted by Gasteiger charge is -2.10. The van der Waals surface area contributed by atoms with Crippen LogP contribution in [0.2, 0.25) is 5.02 Å². The molecule has 0 atom stereocenters. The highest BCUT2D eigenvalue weighted by Crippen LogP contribution is 2.34. The highest BCUT2D eigenvalue weighted by Gasteiger charge is 2.36. The number of nitrogens with one attached hydrogen (secondary N) is 1. The number of halogens is 5. The number of alkyl halides is 3. The van der Waals surface area contributed by atoms with Crippen LogP contribution in [0.3, 0.4) is 0 Å². The highest BCUT2D eigenvalue weighted by atomic mass is 35.5. The number of anilines is 1. The van der Waals surface area contributed by atoms with E-state index in [1.807, 2.05) is 13.0 Å². The first kappa shape index (κ1) is 26.8. The molecule has 39 heavy (non-hydrogen) atoms. The summed E-state index contributed by atoms with van der Waals surface area (Å²) in [6.07, 6.45) is -3.97. The van der Waals surface area contributed by atoms with Crippen LogP contribution in [-0.4, -0.2) is 30.3 Å². The fraction of sp³-hybridized carbons (Fsp3) is 0.231. The van der Waals surface area contributed by atoms with Crippen molar-refractivity contribution in [2.24, 2.45) is 0 Å². The minimum atomic E-state index is -4.73. The lowest BCUT2D eigenvalue weighted by Crippen LogP contribution is -2.16. The summed E-state index contributed by atoms with van der Waals surface area (Å²) in [4.78, 5) is 19.1. The Bertz CT molecular complexity index is 1720. The van der Waals surface area contributed by atoms with Crippen molar-refractivity contribution in [3.05, 3.63) is 86.5 Å². The maximum absolute atomic E-state index is 14.0. The Morgan fingerprint density at radius 2 is 1.87 bits per heavy atom. The summed E-state index contributed by atoms with van der Waals surface area (Å²) >= 11 is 7.50. The summed E-state index contributed by atoms with van der Waals surface area (Å²) in [6, 6.07) is 9.76. The van der Waals surface area contributed by atoms with E-state index in [0.29, 0.717) is 32.0 Å². The molecule has 7 nitrogen and oxygen atoms in total. The Labute approximate surface area is 229 Å². The van der Waals surface area contributed by atoms with Crippen molar-refractivity contribution in [2.45, 2.75) is 39.9 Å². The topological polar surface area (TPSA) is 77.1 Å². The SMILES string of the molecule is CCc1ccc(-c2cc(C(F)(F)F)n3nc(C(=O)Nc4c(C)nn(Cc5ccc(F)cc5Cl)c4C)cc3n2)s1. The fourth-order valence-electron chi connectivity index (χ4n) is 4.14. The maximum Gasteiger partial charge on any atom is 0.433 e. The van der Waals surface area contributed by atoms with Crippen LogP contribution in [0.4, 0.5) is 23.2 Å². The fourth-order valence-corrected chi connectivity index (χ4v) is 5.27. The zero-order chi connectivity index (χ0) is 28.1. The van der Waals surface area contributed by atoms with Crippen LogP contribution in [0.15, 0.2) is 42.5 Å². The molecule has 5 aromatic rings. The van der Waals surface area contributed by atoms with Crippen LogP contribution in [0.1, 0.15) is 44.9 Å². The van der Waals surface area contributed by atoms with Gasteiger partial charge in [0, 0.05) is 16.0 Å². The van der Waals surface area contributed by atoms with Crippen molar-refractivity contribution in [1.29, 1.82) is 0 Å². The van der Waals surface area contributed by atoms with Crippen molar-refractivity contribution in [2.75, 3.05) is 5.32 Å². The van der Waals surface area contributed by atoms with Crippen molar-refractivity contribution >= 4 is 40.2 Å². The monoisotopic (exact) mass is 576 g/mol. The van der Waals surface area contributed by atoms with E-state index in [-0.39, 0.29) is 28.6 Å². The number of carbonyl (C=O) groups is 1. The van der Waals surface area contributed by atoms with E-state index in [4.69, 9.17) is 11.6 Å². The van der Waals surface area contributed by atoms with Crippen LogP contribution >= 0.6 is 22.9 Å². The Morgan fingerprint density at radius 1 is 1.10 bits per heavy atom. The van der Waals surface area contributed by atoms with Gasteiger partial charge in [-0.1, -0.05) is 24.6 Å². The number of fused-ring (bicyclic) bond motifs is 1. The number of nitrogens with zero attached hydrogens (tertiary/aromatic N) is 5. The number of amides is 1. The van der Waals surface area contributed by atoms with Crippen LogP contribution in [0, 0.1) is 19.7 Å². The lowest BCUT2D eigenvalue weighted by atomic mass is 10.2. The third-order valence-electron chi connectivity index (χ3n) is 6.17. The van der Waals surface area contributed by atoms with Gasteiger partial charge in [0.15, 0.2) is 17.0 Å². The molecule has 0 saturated carbocycles. The number of hydrogen-bond donors (Lipinski definition) is 1. The largest absolute Gasteiger partial charge is 0.433 e. The minimum absolute atomic E-state index is 0.105. The normalized spacial score (nSPS) is 11.9. The molecule has 1 N–H and O–H groups in total. The quantitative estimate of drug-likeness (QED) is 0.222. The summed E-state index contributed by atoms with van der Waals surface area (Å²) in [6.45, 7) is 5.58. The van der Waals surface area contributed by atoms with Crippen LogP contribution in [0.25, 0.3) is 16.2 Å². The number of benzene rings is 1. The first-order valence-corrected chi connectivity index (χ1v) is 13.0. The lowest BCUT2D eigenvalue weighted by molar-refractivity contribution is -0.142. The number of hydrogen-bond acceptors (Lipinski definition) is 5. The average Bonchev–Trinajstić information content (AvgIpc) is 3.59. The molecule has 4 heterocycles. The molecule has 1 aromatic carbocycles. The van der Waals surface area contributed by atoms with Gasteiger partial charge in [0.1, 0.15) is 5.82 Å². The smallest absolute Gasteiger partial charge is 0.317 e. The minimum Gasteiger partial charge on any atom is -0.317 e. The average molecular weight is 577 g/mol. The Hall–Kier alpha value is -3.77. The second-order valence-corrected chi connectivity index (χ2v) is 10.4. The van der Waals surface area contributed by atoms with Gasteiger partial charge in [-0.05, 0) is 56.2 Å². The predicted molar refractivity (Wildman–Crippen MR) is 141 cm³/mol. The molecular weight excluding hydrogens is 556 g/mol. The molecule has 0 spiro atoms. The third-order valence-corrected chi connectivity index (χ3v) is 7.77. The molecule has 5 rings (SSSR count). The Morgan fingerprint density at radius 3 is 2.54 bits per heavy atom. The van der Waals surface area contributed by atoms with Gasteiger partial charge in [0.25, 0.3) is 5.91 Å². The molecule has 202 valence electrons. The molecule has 4 aromatic heterocycles. The van der Waals surface area contributed by atoms with E-state index in [9.17, 15) is 22.4 Å². The number of aromatic nitrogens is 5. The summed E-state index contributed by atoms with van der Waals surface area (Å²) in [7, 11) is 0. The Balaban J connectivity index is 1.47. The summed E-state index contributed by atoms with van der Waals surface area (Å²) < 4.78 is 57.5. The van der Waals surface area contributed by atoms with Gasteiger partial charge < -0.3 is 5.32 Å². The van der Waals surface area contributed by atoms with E-state index < -0.39 is 23.6 Å². The molecule has 0 unspecified atom stereocenters. The number of thiophene rings is 1. The molecular formula is C26H21ClF4N6OS. The van der Waals surface area contributed by atoms with Crippen LogP contribution in [0.5, 0.6) is 0 Å². The van der Waals surface area contributed by atoms with Crippen molar-refractivity contribution in [1.82, 2.24) is 24.4 Å². The van der Waals surface area contributed by atoms with E-state index in [0.717, 1.165) is 17.4 Å². The number of carbonyl (C=O) groups excluding carboxylic acids is 1. The molecule has 0 saturated heterocycles. The maximum atomic E-state index is 14.0. The second kappa shape index (κ2) is 10.1. The van der Waals surface area contributed by atoms with Crippen molar-refractivity contribution in [3.8, 4) is 10.6 Å². The molecule has 0 aliphatic heterocycles. The van der Waals surface area contributed by atoms with Crippen LogP contribution < -0.4 is 5.32 Å². The molecule has 0 radical (unpaired) electrons. The number of aryl methyl sites for hydroxylation is 2. The van der Waals surface area contributed by atoms with Gasteiger partial charge in [-0.15, -0.1) is 11.3 Å². The summed E-state index contributed by atoms with van der Waals surface area (Å²) in [5.41, 5.74) is 0.828. The molecule has 0 fully saturated rings. The molecule has 0 bridgehead atoms. The third kappa shape index (κ3) is 5.26. The summed E-state index contributed by atoms with van der Waals surface area (Å²) in [5, 5.41) is 11.3. The van der Waals surface area contributed by atoms with Crippen molar-refractivity contribution < 1.29 is 22.4 Å². The first-order valence-electron chi connectivity index (χ1n) is 11.8. The van der Waals surface area contributed by atoms with E-state index >= 15 is 0 Å². The van der Waals surface area contributed by atoms with E-state index in [1.54, 1.807) is 30.7 Å². The molecule has 0 aliphatic carbocycles.